The van der Waals surface area contributed by atoms with Crippen LogP contribution in [0, 0.1) is 0 Å². The maximum absolute atomic E-state index is 12.4. The number of amides is 2. The molecule has 148 valence electrons. The van der Waals surface area contributed by atoms with Crippen LogP contribution in [-0.4, -0.2) is 46.2 Å². The molecule has 6 nitrogen and oxygen atoms in total. The van der Waals surface area contributed by atoms with Gasteiger partial charge in [-0.3, -0.25) is 14.5 Å². The zero-order valence-corrected chi connectivity index (χ0v) is 16.8. The molecule has 0 unspecified atom stereocenters. The van der Waals surface area contributed by atoms with Crippen molar-refractivity contribution in [2.75, 3.05) is 25.0 Å². The molecular formula is C21H26N4O2S. The summed E-state index contributed by atoms with van der Waals surface area (Å²) in [6.07, 6.45) is 4.41. The van der Waals surface area contributed by atoms with Crippen molar-refractivity contribution in [3.05, 3.63) is 46.5 Å². The fourth-order valence-electron chi connectivity index (χ4n) is 3.82. The van der Waals surface area contributed by atoms with Gasteiger partial charge in [-0.25, -0.2) is 4.98 Å². The van der Waals surface area contributed by atoms with Gasteiger partial charge in [0.15, 0.2) is 5.13 Å². The summed E-state index contributed by atoms with van der Waals surface area (Å²) in [5.41, 5.74) is 2.40. The van der Waals surface area contributed by atoms with Gasteiger partial charge in [0.1, 0.15) is 0 Å². The van der Waals surface area contributed by atoms with Gasteiger partial charge in [-0.15, -0.1) is 11.3 Å². The number of benzene rings is 1. The Bertz CT molecular complexity index is 836. The predicted molar refractivity (Wildman–Crippen MR) is 110 cm³/mol. The summed E-state index contributed by atoms with van der Waals surface area (Å²) in [5.74, 6) is -0.0647. The van der Waals surface area contributed by atoms with E-state index in [0.717, 1.165) is 51.0 Å². The molecule has 2 aliphatic rings. The van der Waals surface area contributed by atoms with Crippen LogP contribution in [0.4, 0.5) is 5.13 Å². The molecule has 2 aromatic rings. The van der Waals surface area contributed by atoms with Crippen LogP contribution in [0.3, 0.4) is 0 Å². The zero-order chi connectivity index (χ0) is 19.3. The van der Waals surface area contributed by atoms with Crippen LogP contribution in [0.25, 0.3) is 0 Å². The molecule has 0 atom stereocenters. The number of rotatable bonds is 5. The first-order valence-electron chi connectivity index (χ1n) is 10.00. The molecule has 28 heavy (non-hydrogen) atoms. The third kappa shape index (κ3) is 4.77. The van der Waals surface area contributed by atoms with Crippen LogP contribution in [0.1, 0.15) is 41.8 Å². The van der Waals surface area contributed by atoms with Crippen LogP contribution in [0.2, 0.25) is 0 Å². The first-order chi connectivity index (χ1) is 13.7. The summed E-state index contributed by atoms with van der Waals surface area (Å²) in [4.78, 5) is 34.4. The van der Waals surface area contributed by atoms with E-state index in [1.165, 1.54) is 10.4 Å². The summed E-state index contributed by atoms with van der Waals surface area (Å²) in [5, 5.41) is 3.56. The van der Waals surface area contributed by atoms with Gasteiger partial charge >= 0.3 is 0 Å². The minimum Gasteiger partial charge on any atom is -0.333 e. The van der Waals surface area contributed by atoms with Crippen molar-refractivity contribution in [3.63, 3.8) is 0 Å². The number of carbonyl (C=O) groups excluding carboxylic acids is 2. The van der Waals surface area contributed by atoms with E-state index >= 15 is 0 Å². The minimum atomic E-state index is -0.150. The molecule has 3 heterocycles. The van der Waals surface area contributed by atoms with Crippen molar-refractivity contribution < 1.29 is 9.59 Å². The van der Waals surface area contributed by atoms with Crippen molar-refractivity contribution in [1.29, 1.82) is 0 Å². The lowest BCUT2D eigenvalue weighted by molar-refractivity contribution is -0.134. The van der Waals surface area contributed by atoms with E-state index in [9.17, 15) is 9.59 Å². The lowest BCUT2D eigenvalue weighted by Gasteiger charge is -2.25. The molecule has 0 saturated carbocycles. The second-order valence-corrected chi connectivity index (χ2v) is 8.59. The van der Waals surface area contributed by atoms with Gasteiger partial charge in [-0.05, 0) is 18.4 Å². The van der Waals surface area contributed by atoms with Crippen molar-refractivity contribution in [2.45, 2.75) is 45.2 Å². The smallest absolute Gasteiger partial charge is 0.245 e. The lowest BCUT2D eigenvalue weighted by atomic mass is 10.1. The molecule has 2 amide bonds. The lowest BCUT2D eigenvalue weighted by Crippen LogP contribution is -2.37. The third-order valence-corrected chi connectivity index (χ3v) is 6.31. The Morgan fingerprint density at radius 1 is 1.11 bits per heavy atom. The summed E-state index contributed by atoms with van der Waals surface area (Å²) in [6, 6.07) is 10.5. The van der Waals surface area contributed by atoms with Gasteiger partial charge in [0.05, 0.1) is 12.2 Å². The van der Waals surface area contributed by atoms with Gasteiger partial charge in [-0.1, -0.05) is 36.8 Å². The number of hydrogen-bond acceptors (Lipinski definition) is 5. The molecule has 0 spiro atoms. The minimum absolute atomic E-state index is 0.0858. The van der Waals surface area contributed by atoms with Crippen molar-refractivity contribution in [1.82, 2.24) is 14.8 Å². The molecule has 0 radical (unpaired) electrons. The fourth-order valence-corrected chi connectivity index (χ4v) is 4.88. The van der Waals surface area contributed by atoms with Crippen molar-refractivity contribution in [3.8, 4) is 0 Å². The summed E-state index contributed by atoms with van der Waals surface area (Å²) >= 11 is 1.56. The number of fused-ring (bicyclic) bond motifs is 1. The van der Waals surface area contributed by atoms with Gasteiger partial charge in [0, 0.05) is 43.9 Å². The van der Waals surface area contributed by atoms with Crippen molar-refractivity contribution in [2.24, 2.45) is 0 Å². The largest absolute Gasteiger partial charge is 0.333 e. The number of hydrogen-bond donors (Lipinski definition) is 1. The zero-order valence-electron chi connectivity index (χ0n) is 16.0. The predicted octanol–water partition coefficient (Wildman–Crippen LogP) is 3.04. The van der Waals surface area contributed by atoms with E-state index in [1.54, 1.807) is 16.2 Å². The Kier molecular flexibility index (Phi) is 6.02. The number of thiazole rings is 1. The van der Waals surface area contributed by atoms with Gasteiger partial charge in [0.25, 0.3) is 0 Å². The normalized spacial score (nSPS) is 17.9. The average Bonchev–Trinajstić information content (AvgIpc) is 2.97. The molecule has 2 aliphatic heterocycles. The van der Waals surface area contributed by atoms with E-state index in [1.807, 2.05) is 6.07 Å². The fraction of sp³-hybridized carbons (Fsp3) is 0.476. The Hall–Kier alpha value is -2.25. The molecule has 1 fully saturated rings. The molecule has 4 rings (SSSR count). The number of aromatic nitrogens is 1. The second-order valence-electron chi connectivity index (χ2n) is 7.51. The van der Waals surface area contributed by atoms with Crippen LogP contribution < -0.4 is 5.32 Å². The number of anilines is 1. The quantitative estimate of drug-likeness (QED) is 0.841. The summed E-state index contributed by atoms with van der Waals surface area (Å²) in [6.45, 7) is 3.57. The molecule has 1 saturated heterocycles. The highest BCUT2D eigenvalue weighted by Crippen LogP contribution is 2.29. The number of likely N-dealkylation sites (tertiary alicyclic amines) is 1. The summed E-state index contributed by atoms with van der Waals surface area (Å²) < 4.78 is 0. The highest BCUT2D eigenvalue weighted by atomic mass is 32.1. The molecule has 1 aromatic heterocycles. The first kappa shape index (κ1) is 19.1. The monoisotopic (exact) mass is 398 g/mol. The van der Waals surface area contributed by atoms with E-state index in [0.29, 0.717) is 18.1 Å². The number of nitrogens with zero attached hydrogens (tertiary/aromatic N) is 3. The third-order valence-electron chi connectivity index (χ3n) is 5.31. The van der Waals surface area contributed by atoms with Crippen LogP contribution in [0.5, 0.6) is 0 Å². The highest BCUT2D eigenvalue weighted by Gasteiger charge is 2.23. The average molecular weight is 399 g/mol. The Labute approximate surface area is 169 Å². The number of nitrogens with one attached hydrogen (secondary N) is 1. The van der Waals surface area contributed by atoms with Gasteiger partial charge in [0.2, 0.25) is 11.8 Å². The molecule has 1 aromatic carbocycles. The second kappa shape index (κ2) is 8.84. The van der Waals surface area contributed by atoms with Gasteiger partial charge < -0.3 is 10.2 Å². The molecular weight excluding hydrogens is 372 g/mol. The number of carbonyl (C=O) groups is 2. The molecule has 1 N–H and O–H groups in total. The Morgan fingerprint density at radius 3 is 2.82 bits per heavy atom. The topological polar surface area (TPSA) is 65.5 Å². The maximum Gasteiger partial charge on any atom is 0.245 e. The van der Waals surface area contributed by atoms with Crippen LogP contribution >= 0.6 is 11.3 Å². The first-order valence-corrected chi connectivity index (χ1v) is 10.8. The molecule has 7 heteroatoms. The highest BCUT2D eigenvalue weighted by molar-refractivity contribution is 7.15. The Balaban J connectivity index is 1.33. The Morgan fingerprint density at radius 2 is 1.96 bits per heavy atom. The van der Waals surface area contributed by atoms with Crippen LogP contribution in [0.15, 0.2) is 30.3 Å². The van der Waals surface area contributed by atoms with E-state index in [2.05, 4.69) is 39.5 Å². The summed E-state index contributed by atoms with van der Waals surface area (Å²) in [7, 11) is 0. The van der Waals surface area contributed by atoms with Crippen molar-refractivity contribution >= 4 is 28.3 Å². The van der Waals surface area contributed by atoms with E-state index in [-0.39, 0.29) is 18.4 Å². The SMILES string of the molecule is O=C(CN1CCCCCC1=O)Nc1nc2c(s1)CN(Cc1ccccc1)CC2. The maximum atomic E-state index is 12.4. The molecule has 0 bridgehead atoms. The van der Waals surface area contributed by atoms with E-state index < -0.39 is 0 Å². The molecule has 0 aliphatic carbocycles. The standard InChI is InChI=1S/C21H26N4O2S/c26-19(15-25-11-6-2-5-9-20(25)27)23-21-22-17-10-12-24(14-18(17)28-21)13-16-7-3-1-4-8-16/h1,3-4,7-8H,2,5-6,9-15H2,(H,22,23,26). The van der Waals surface area contributed by atoms with Gasteiger partial charge in [-0.2, -0.15) is 0 Å². The van der Waals surface area contributed by atoms with E-state index in [4.69, 9.17) is 0 Å². The van der Waals surface area contributed by atoms with Crippen LogP contribution in [-0.2, 0) is 29.1 Å².